The van der Waals surface area contributed by atoms with Crippen LogP contribution in [0.1, 0.15) is 51.0 Å². The summed E-state index contributed by atoms with van der Waals surface area (Å²) < 4.78 is 0. The molecule has 0 aliphatic heterocycles. The summed E-state index contributed by atoms with van der Waals surface area (Å²) in [5, 5.41) is 6.37. The third-order valence-corrected chi connectivity index (χ3v) is 5.24. The molecule has 2 aromatic heterocycles. The summed E-state index contributed by atoms with van der Waals surface area (Å²) in [6.07, 6.45) is 12.9. The van der Waals surface area contributed by atoms with Crippen LogP contribution < -0.4 is 5.32 Å². The van der Waals surface area contributed by atoms with Crippen LogP contribution >= 0.6 is 11.3 Å². The van der Waals surface area contributed by atoms with Crippen molar-refractivity contribution in [2.45, 2.75) is 51.9 Å². The molecule has 3 nitrogen and oxygen atoms in total. The Bertz CT molecular complexity index is 766. The van der Waals surface area contributed by atoms with E-state index in [-0.39, 0.29) is 0 Å². The highest BCUT2D eigenvalue weighted by atomic mass is 32.1. The van der Waals surface area contributed by atoms with Crippen molar-refractivity contribution in [3.63, 3.8) is 0 Å². The van der Waals surface area contributed by atoms with Crippen LogP contribution in [0.4, 0.5) is 10.8 Å². The fourth-order valence-corrected chi connectivity index (χ4v) is 3.71. The molecular weight excluding hydrogens is 338 g/mol. The van der Waals surface area contributed by atoms with Crippen LogP contribution in [0.3, 0.4) is 0 Å². The van der Waals surface area contributed by atoms with Crippen LogP contribution in [0.5, 0.6) is 0 Å². The lowest BCUT2D eigenvalue weighted by molar-refractivity contribution is 0.607. The van der Waals surface area contributed by atoms with E-state index in [1.165, 1.54) is 50.5 Å². The number of pyridine rings is 1. The van der Waals surface area contributed by atoms with Crippen molar-refractivity contribution in [2.24, 2.45) is 0 Å². The van der Waals surface area contributed by atoms with Crippen LogP contribution in [0.15, 0.2) is 54.2 Å². The molecule has 0 amide bonds. The third kappa shape index (κ3) is 5.67. The number of hydrogen-bond acceptors (Lipinski definition) is 4. The van der Waals surface area contributed by atoms with Crippen LogP contribution in [0.25, 0.3) is 11.3 Å². The molecule has 0 atom stereocenters. The van der Waals surface area contributed by atoms with Crippen LogP contribution in [-0.4, -0.2) is 9.97 Å². The summed E-state index contributed by atoms with van der Waals surface area (Å²) in [4.78, 5) is 8.80. The van der Waals surface area contributed by atoms with E-state index in [9.17, 15) is 0 Å². The van der Waals surface area contributed by atoms with E-state index in [0.29, 0.717) is 0 Å². The Morgan fingerprint density at radius 2 is 1.77 bits per heavy atom. The molecule has 0 spiro atoms. The SMILES string of the molecule is CCCCCCCCc1ccc(Nc2nc(-c3cccnc3)cs2)cc1. The number of thiazole rings is 1. The first kappa shape index (κ1) is 18.6. The maximum atomic E-state index is 4.65. The van der Waals surface area contributed by atoms with Gasteiger partial charge >= 0.3 is 0 Å². The largest absolute Gasteiger partial charge is 0.332 e. The fraction of sp³-hybridized carbons (Fsp3) is 0.364. The molecule has 2 heterocycles. The summed E-state index contributed by atoms with van der Waals surface area (Å²) in [7, 11) is 0. The monoisotopic (exact) mass is 365 g/mol. The van der Waals surface area contributed by atoms with Gasteiger partial charge in [-0.1, -0.05) is 51.2 Å². The second-order valence-electron chi connectivity index (χ2n) is 6.62. The number of nitrogens with one attached hydrogen (secondary N) is 1. The number of anilines is 2. The molecule has 136 valence electrons. The first-order valence-corrected chi connectivity index (χ1v) is 10.4. The summed E-state index contributed by atoms with van der Waals surface area (Å²) in [5.41, 5.74) is 4.52. The zero-order valence-corrected chi connectivity index (χ0v) is 16.3. The fourth-order valence-electron chi connectivity index (χ4n) is 2.97. The summed E-state index contributed by atoms with van der Waals surface area (Å²) in [6, 6.07) is 12.7. The molecule has 1 aromatic carbocycles. The van der Waals surface area contributed by atoms with Gasteiger partial charge in [-0.2, -0.15) is 0 Å². The van der Waals surface area contributed by atoms with E-state index in [1.807, 2.05) is 18.3 Å². The highest BCUT2D eigenvalue weighted by molar-refractivity contribution is 7.14. The second kappa shape index (κ2) is 10.1. The van der Waals surface area contributed by atoms with E-state index in [2.05, 4.69) is 51.9 Å². The maximum Gasteiger partial charge on any atom is 0.187 e. The van der Waals surface area contributed by atoms with Gasteiger partial charge in [0.1, 0.15) is 0 Å². The lowest BCUT2D eigenvalue weighted by Gasteiger charge is -2.05. The van der Waals surface area contributed by atoms with E-state index >= 15 is 0 Å². The van der Waals surface area contributed by atoms with Gasteiger partial charge in [-0.25, -0.2) is 4.98 Å². The van der Waals surface area contributed by atoms with Crippen LogP contribution in [0, 0.1) is 0 Å². The van der Waals surface area contributed by atoms with Gasteiger partial charge in [-0.15, -0.1) is 11.3 Å². The Kier molecular flexibility index (Phi) is 7.20. The Morgan fingerprint density at radius 1 is 0.962 bits per heavy atom. The average Bonchev–Trinajstić information content (AvgIpc) is 3.15. The highest BCUT2D eigenvalue weighted by Gasteiger charge is 2.05. The lowest BCUT2D eigenvalue weighted by atomic mass is 10.0. The smallest absolute Gasteiger partial charge is 0.187 e. The molecule has 0 radical (unpaired) electrons. The minimum atomic E-state index is 0.910. The van der Waals surface area contributed by atoms with Crippen molar-refractivity contribution in [2.75, 3.05) is 5.32 Å². The molecule has 26 heavy (non-hydrogen) atoms. The zero-order valence-electron chi connectivity index (χ0n) is 15.4. The number of aryl methyl sites for hydroxylation is 1. The number of unbranched alkanes of at least 4 members (excludes halogenated alkanes) is 5. The molecule has 0 unspecified atom stereocenters. The van der Waals surface area contributed by atoms with Gasteiger partial charge in [0.25, 0.3) is 0 Å². The first-order chi connectivity index (χ1) is 12.8. The molecule has 0 saturated carbocycles. The molecule has 0 saturated heterocycles. The lowest BCUT2D eigenvalue weighted by Crippen LogP contribution is -1.91. The Morgan fingerprint density at radius 3 is 2.54 bits per heavy atom. The van der Waals surface area contributed by atoms with Gasteiger partial charge in [0.2, 0.25) is 0 Å². The van der Waals surface area contributed by atoms with Crippen molar-refractivity contribution in [1.29, 1.82) is 0 Å². The predicted octanol–water partition coefficient (Wildman–Crippen LogP) is 6.85. The molecular formula is C22H27N3S. The van der Waals surface area contributed by atoms with Gasteiger partial charge in [0.15, 0.2) is 5.13 Å². The van der Waals surface area contributed by atoms with Crippen molar-refractivity contribution in [3.8, 4) is 11.3 Å². The number of aromatic nitrogens is 2. The van der Waals surface area contributed by atoms with E-state index in [4.69, 9.17) is 0 Å². The number of hydrogen-bond donors (Lipinski definition) is 1. The van der Waals surface area contributed by atoms with Gasteiger partial charge < -0.3 is 5.32 Å². The molecule has 1 N–H and O–H groups in total. The zero-order chi connectivity index (χ0) is 18.0. The molecule has 0 aliphatic rings. The van der Waals surface area contributed by atoms with Gasteiger partial charge in [-0.05, 0) is 42.7 Å². The molecule has 0 bridgehead atoms. The van der Waals surface area contributed by atoms with Crippen LogP contribution in [-0.2, 0) is 6.42 Å². The minimum absolute atomic E-state index is 0.910. The van der Waals surface area contributed by atoms with E-state index in [1.54, 1.807) is 17.5 Å². The topological polar surface area (TPSA) is 37.8 Å². The van der Waals surface area contributed by atoms with Gasteiger partial charge in [0, 0.05) is 29.0 Å². The van der Waals surface area contributed by atoms with E-state index < -0.39 is 0 Å². The van der Waals surface area contributed by atoms with Crippen molar-refractivity contribution < 1.29 is 0 Å². The minimum Gasteiger partial charge on any atom is -0.332 e. The average molecular weight is 366 g/mol. The standard InChI is InChI=1S/C22H27N3S/c1-2-3-4-5-6-7-9-18-11-13-20(14-12-18)24-22-25-21(17-26-22)19-10-8-15-23-16-19/h8,10-17H,2-7,9H2,1H3,(H,24,25). The predicted molar refractivity (Wildman–Crippen MR) is 112 cm³/mol. The number of rotatable bonds is 10. The maximum absolute atomic E-state index is 4.65. The Labute approximate surface area is 160 Å². The summed E-state index contributed by atoms with van der Waals surface area (Å²) in [5.74, 6) is 0. The van der Waals surface area contributed by atoms with Gasteiger partial charge in [0.05, 0.1) is 5.69 Å². The molecule has 3 rings (SSSR count). The summed E-state index contributed by atoms with van der Waals surface area (Å²) >= 11 is 1.62. The Hall–Kier alpha value is -2.20. The molecule has 0 fully saturated rings. The third-order valence-electron chi connectivity index (χ3n) is 4.49. The van der Waals surface area contributed by atoms with Crippen molar-refractivity contribution in [1.82, 2.24) is 9.97 Å². The van der Waals surface area contributed by atoms with E-state index in [0.717, 1.165) is 22.1 Å². The Balaban J connectivity index is 1.48. The van der Waals surface area contributed by atoms with Crippen LogP contribution in [0.2, 0.25) is 0 Å². The van der Waals surface area contributed by atoms with Crippen molar-refractivity contribution >= 4 is 22.2 Å². The molecule has 4 heteroatoms. The first-order valence-electron chi connectivity index (χ1n) is 9.57. The normalized spacial score (nSPS) is 10.8. The number of benzene rings is 1. The number of nitrogens with zero attached hydrogens (tertiary/aromatic N) is 2. The quantitative estimate of drug-likeness (QED) is 0.399. The summed E-state index contributed by atoms with van der Waals surface area (Å²) in [6.45, 7) is 2.26. The second-order valence-corrected chi connectivity index (χ2v) is 7.48. The highest BCUT2D eigenvalue weighted by Crippen LogP contribution is 2.26. The van der Waals surface area contributed by atoms with Gasteiger partial charge in [-0.3, -0.25) is 4.98 Å². The molecule has 3 aromatic rings. The van der Waals surface area contributed by atoms with Crippen molar-refractivity contribution in [3.05, 3.63) is 59.7 Å². The molecule has 0 aliphatic carbocycles.